The Morgan fingerprint density at radius 2 is 2.09 bits per heavy atom. The lowest BCUT2D eigenvalue weighted by Gasteiger charge is -2.31. The van der Waals surface area contributed by atoms with E-state index in [4.69, 9.17) is 11.5 Å². The minimum atomic E-state index is -0.584. The summed E-state index contributed by atoms with van der Waals surface area (Å²) in [4.78, 5) is 29.5. The van der Waals surface area contributed by atoms with Crippen molar-refractivity contribution in [2.75, 3.05) is 43.0 Å². The number of pyridine rings is 2. The number of carbonyl (C=O) groups is 1. The summed E-state index contributed by atoms with van der Waals surface area (Å²) in [5.41, 5.74) is 13.6. The number of amides is 1. The smallest absolute Gasteiger partial charge is 0.270 e. The normalized spacial score (nSPS) is 15.6. The monoisotopic (exact) mass is 496 g/mol. The molecule has 1 amide bonds. The van der Waals surface area contributed by atoms with Crippen LogP contribution in [0, 0.1) is 5.92 Å². The number of piperidine rings is 1. The molecule has 10 nitrogen and oxygen atoms in total. The zero-order valence-corrected chi connectivity index (χ0v) is 20.6. The van der Waals surface area contributed by atoms with Gasteiger partial charge in [-0.15, -0.1) is 11.3 Å². The maximum Gasteiger partial charge on any atom is 0.270 e. The highest BCUT2D eigenvalue weighted by atomic mass is 32.1. The number of nitrogens with zero attached hydrogens (tertiary/aromatic N) is 4. The molecule has 1 atom stereocenters. The highest BCUT2D eigenvalue weighted by Crippen LogP contribution is 2.26. The number of aromatic nitrogens is 3. The molecule has 1 aliphatic heterocycles. The van der Waals surface area contributed by atoms with Crippen molar-refractivity contribution in [3.63, 3.8) is 0 Å². The molecule has 7 N–H and O–H groups in total. The molecule has 0 spiro atoms. The molecule has 3 aromatic heterocycles. The summed E-state index contributed by atoms with van der Waals surface area (Å²) in [7, 11) is 0. The molecule has 0 radical (unpaired) electrons. The van der Waals surface area contributed by atoms with E-state index in [0.29, 0.717) is 18.3 Å². The standard InChI is InChI=1S/C24H32N8O2S/c1-15(33)11-28-22-21(26)18(25)10-20(31-22)23(34)29-12-16-5-8-32(9-6-16)14-17-13-30-24(35-17)19-4-2-3-7-27-19/h2-4,7,10,13,15-16,33H,5-6,8-9,11-12,14,26H2,1H3,(H,29,34)(H3,25,28,31)/t15-/m0/s1. The second-order valence-electron chi connectivity index (χ2n) is 8.87. The van der Waals surface area contributed by atoms with Crippen molar-refractivity contribution < 1.29 is 9.90 Å². The van der Waals surface area contributed by atoms with Crippen LogP contribution in [0.15, 0.2) is 36.7 Å². The molecule has 186 valence electrons. The summed E-state index contributed by atoms with van der Waals surface area (Å²) < 4.78 is 0. The second-order valence-corrected chi connectivity index (χ2v) is 9.98. The quantitative estimate of drug-likeness (QED) is 0.300. The van der Waals surface area contributed by atoms with Crippen LogP contribution < -0.4 is 22.1 Å². The molecule has 11 heteroatoms. The van der Waals surface area contributed by atoms with Crippen LogP contribution in [-0.4, -0.2) is 63.1 Å². The molecule has 3 aromatic rings. The third kappa shape index (κ3) is 6.65. The Labute approximate surface area is 208 Å². The fourth-order valence-corrected chi connectivity index (χ4v) is 4.89. The number of aliphatic hydroxyl groups excluding tert-OH is 1. The molecule has 0 saturated carbocycles. The van der Waals surface area contributed by atoms with Gasteiger partial charge in [0.15, 0.2) is 5.82 Å². The lowest BCUT2D eigenvalue weighted by atomic mass is 9.96. The fourth-order valence-electron chi connectivity index (χ4n) is 3.96. The van der Waals surface area contributed by atoms with E-state index in [2.05, 4.69) is 30.5 Å². The summed E-state index contributed by atoms with van der Waals surface area (Å²) in [6.45, 7) is 5.30. The van der Waals surface area contributed by atoms with E-state index < -0.39 is 6.10 Å². The molecule has 4 heterocycles. The van der Waals surface area contributed by atoms with Crippen molar-refractivity contribution in [3.05, 3.63) is 47.2 Å². The highest BCUT2D eigenvalue weighted by molar-refractivity contribution is 7.14. The van der Waals surface area contributed by atoms with Gasteiger partial charge < -0.3 is 27.2 Å². The zero-order valence-electron chi connectivity index (χ0n) is 19.8. The van der Waals surface area contributed by atoms with Crippen molar-refractivity contribution in [1.29, 1.82) is 0 Å². The highest BCUT2D eigenvalue weighted by Gasteiger charge is 2.22. The number of hydrogen-bond acceptors (Lipinski definition) is 10. The summed E-state index contributed by atoms with van der Waals surface area (Å²) in [5, 5.41) is 16.3. The lowest BCUT2D eigenvalue weighted by molar-refractivity contribution is 0.0930. The second kappa shape index (κ2) is 11.4. The Bertz CT molecular complexity index is 1130. The van der Waals surface area contributed by atoms with Gasteiger partial charge >= 0.3 is 0 Å². The maximum atomic E-state index is 12.7. The minimum absolute atomic E-state index is 0.205. The van der Waals surface area contributed by atoms with Crippen LogP contribution in [0.25, 0.3) is 10.7 Å². The van der Waals surface area contributed by atoms with Gasteiger partial charge in [-0.2, -0.15) is 0 Å². The molecule has 0 bridgehead atoms. The number of likely N-dealkylation sites (tertiary alicyclic amines) is 1. The summed E-state index contributed by atoms with van der Waals surface area (Å²) in [6, 6.07) is 7.33. The summed E-state index contributed by atoms with van der Waals surface area (Å²) >= 11 is 1.68. The lowest BCUT2D eigenvalue weighted by Crippen LogP contribution is -2.38. The Morgan fingerprint density at radius 3 is 2.80 bits per heavy atom. The third-order valence-electron chi connectivity index (χ3n) is 5.96. The zero-order chi connectivity index (χ0) is 24.8. The van der Waals surface area contributed by atoms with Crippen LogP contribution in [0.2, 0.25) is 0 Å². The molecule has 1 aliphatic rings. The number of hydrogen-bond donors (Lipinski definition) is 5. The van der Waals surface area contributed by atoms with Crippen molar-refractivity contribution >= 4 is 34.4 Å². The Morgan fingerprint density at radius 1 is 1.29 bits per heavy atom. The Kier molecular flexibility index (Phi) is 8.11. The fraction of sp³-hybridized carbons (Fsp3) is 0.417. The van der Waals surface area contributed by atoms with Crippen molar-refractivity contribution in [3.8, 4) is 10.7 Å². The van der Waals surface area contributed by atoms with E-state index in [-0.39, 0.29) is 29.5 Å². The van der Waals surface area contributed by atoms with Gasteiger partial charge in [-0.3, -0.25) is 14.7 Å². The van der Waals surface area contributed by atoms with Gasteiger partial charge in [0, 0.05) is 36.9 Å². The number of nitrogens with two attached hydrogens (primary N) is 2. The number of nitrogens with one attached hydrogen (secondary N) is 2. The first kappa shape index (κ1) is 24.8. The first-order valence-corrected chi connectivity index (χ1v) is 12.5. The number of nitrogen functional groups attached to an aromatic ring is 2. The SMILES string of the molecule is C[C@H](O)CNc1nc(C(=O)NCC2CCN(Cc3cnc(-c4ccccn4)s3)CC2)cc(N)c1N. The largest absolute Gasteiger partial charge is 0.397 e. The van der Waals surface area contributed by atoms with Gasteiger partial charge in [0.25, 0.3) is 5.91 Å². The van der Waals surface area contributed by atoms with Crippen molar-refractivity contribution in [2.45, 2.75) is 32.4 Å². The van der Waals surface area contributed by atoms with Gasteiger partial charge in [-0.05, 0) is 57.0 Å². The maximum absolute atomic E-state index is 12.7. The van der Waals surface area contributed by atoms with Crippen molar-refractivity contribution in [1.82, 2.24) is 25.2 Å². The molecule has 0 unspecified atom stereocenters. The van der Waals surface area contributed by atoms with E-state index >= 15 is 0 Å². The molecule has 1 saturated heterocycles. The van der Waals surface area contributed by atoms with Crippen LogP contribution in [0.5, 0.6) is 0 Å². The van der Waals surface area contributed by atoms with E-state index in [1.807, 2.05) is 24.4 Å². The van der Waals surface area contributed by atoms with E-state index in [1.165, 1.54) is 10.9 Å². The van der Waals surface area contributed by atoms with Gasteiger partial charge in [0.1, 0.15) is 10.7 Å². The molecule has 4 rings (SSSR count). The minimum Gasteiger partial charge on any atom is -0.397 e. The molecular formula is C24H32N8O2S. The molecule has 35 heavy (non-hydrogen) atoms. The van der Waals surface area contributed by atoms with E-state index in [9.17, 15) is 9.90 Å². The first-order chi connectivity index (χ1) is 16.9. The van der Waals surface area contributed by atoms with Gasteiger partial charge in [-0.1, -0.05) is 6.07 Å². The average molecular weight is 497 g/mol. The van der Waals surface area contributed by atoms with Crippen LogP contribution >= 0.6 is 11.3 Å². The van der Waals surface area contributed by atoms with Crippen LogP contribution in [0.3, 0.4) is 0 Å². The predicted molar refractivity (Wildman–Crippen MR) is 139 cm³/mol. The molecule has 0 aliphatic carbocycles. The van der Waals surface area contributed by atoms with Crippen molar-refractivity contribution in [2.24, 2.45) is 5.92 Å². The number of rotatable bonds is 9. The van der Waals surface area contributed by atoms with E-state index in [1.54, 1.807) is 24.5 Å². The van der Waals surface area contributed by atoms with E-state index in [0.717, 1.165) is 43.2 Å². The molecule has 1 fully saturated rings. The van der Waals surface area contributed by atoms with Gasteiger partial charge in [0.05, 0.1) is 23.2 Å². The Balaban J connectivity index is 1.24. The van der Waals surface area contributed by atoms with Crippen LogP contribution in [-0.2, 0) is 6.54 Å². The summed E-state index contributed by atoms with van der Waals surface area (Å²) in [6.07, 6.45) is 5.15. The van der Waals surface area contributed by atoms with Gasteiger partial charge in [-0.25, -0.2) is 9.97 Å². The molecular weight excluding hydrogens is 464 g/mol. The number of carbonyl (C=O) groups excluding carboxylic acids is 1. The molecule has 0 aromatic carbocycles. The predicted octanol–water partition coefficient (Wildman–Crippen LogP) is 2.20. The average Bonchev–Trinajstić information content (AvgIpc) is 3.33. The third-order valence-corrected chi connectivity index (χ3v) is 6.97. The van der Waals surface area contributed by atoms with Crippen LogP contribution in [0.4, 0.5) is 17.2 Å². The van der Waals surface area contributed by atoms with Crippen LogP contribution in [0.1, 0.15) is 35.1 Å². The number of thiazole rings is 1. The van der Waals surface area contributed by atoms with Gasteiger partial charge in [0.2, 0.25) is 0 Å². The Hall–Kier alpha value is -3.28. The number of aliphatic hydroxyl groups is 1. The topological polar surface area (TPSA) is 155 Å². The first-order valence-electron chi connectivity index (χ1n) is 11.7. The number of anilines is 3. The summed E-state index contributed by atoms with van der Waals surface area (Å²) in [5.74, 6) is 0.421.